The molecule has 0 aromatic heterocycles. The maximum absolute atomic E-state index is 6.37. The smallest absolute Gasteiger partial charge is 0.0377 e. The summed E-state index contributed by atoms with van der Waals surface area (Å²) in [6.45, 7) is 5.42. The Labute approximate surface area is 566 Å². The zero-order valence-corrected chi connectivity index (χ0v) is 57.4. The predicted molar refractivity (Wildman–Crippen MR) is 362 cm³/mol. The van der Waals surface area contributed by atoms with Crippen LogP contribution in [0.2, 0.25) is 0 Å². The highest BCUT2D eigenvalue weighted by atomic mass is 15.0. The van der Waals surface area contributed by atoms with Gasteiger partial charge in [-0.25, -0.2) is 0 Å². The molecule has 94 heavy (non-hydrogen) atoms. The summed E-state index contributed by atoms with van der Waals surface area (Å²) in [5, 5.41) is 0. The van der Waals surface area contributed by atoms with E-state index in [4.69, 9.17) is 38.5 Å². The summed E-state index contributed by atoms with van der Waals surface area (Å²) in [4.78, 5) is 0. The van der Waals surface area contributed by atoms with E-state index in [1.165, 1.54) is 145 Å². The summed E-state index contributed by atoms with van der Waals surface area (Å²) in [6, 6.07) is 0. The first kappa shape index (κ1) is 52.4. The Hall–Kier alpha value is -2.64. The van der Waals surface area contributed by atoms with Gasteiger partial charge in [0.25, 0.3) is 0 Å². The first-order chi connectivity index (χ1) is 45.5. The first-order valence-electron chi connectivity index (χ1n) is 42.4. The Morgan fingerprint density at radius 1 is 0.266 bits per heavy atom. The van der Waals surface area contributed by atoms with Crippen LogP contribution in [-0.4, -0.2) is 0 Å². The van der Waals surface area contributed by atoms with Crippen LogP contribution in [0.4, 0.5) is 0 Å². The van der Waals surface area contributed by atoms with Crippen molar-refractivity contribution >= 4 is 0 Å². The number of rotatable bonds is 0. The Morgan fingerprint density at radius 3 is 1.20 bits per heavy atom. The van der Waals surface area contributed by atoms with Crippen molar-refractivity contribution in [1.82, 2.24) is 0 Å². The molecule has 0 amide bonds. The molecule has 0 N–H and O–H groups in total. The molecule has 46 aliphatic carbocycles. The fourth-order valence-corrected chi connectivity index (χ4v) is 50.2. The van der Waals surface area contributed by atoms with Crippen molar-refractivity contribution in [2.24, 2.45) is 295 Å². The van der Waals surface area contributed by atoms with E-state index >= 15 is 0 Å². The third-order valence-electron chi connectivity index (χ3n) is 47.8. The van der Waals surface area contributed by atoms with Crippen molar-refractivity contribution in [3.63, 3.8) is 0 Å². The molecule has 0 aromatic rings. The molecule has 46 rings (SSSR count). The predicted octanol–water partition coefficient (Wildman–Crippen LogP) is 17.8. The Kier molecular flexibility index (Phi) is 7.98. The van der Waals surface area contributed by atoms with Gasteiger partial charge in [-0.1, -0.05) is 49.4 Å². The largest absolute Gasteiger partial charge is 0.120 e. The first-order valence-corrected chi connectivity index (χ1v) is 42.4. The molecular formula is C94H108. The van der Waals surface area contributed by atoms with Crippen molar-refractivity contribution in [2.75, 3.05) is 0 Å². The number of hydrogen-bond donors (Lipinski definition) is 0. The van der Waals surface area contributed by atoms with Gasteiger partial charge in [0.1, 0.15) is 0 Å². The van der Waals surface area contributed by atoms with Crippen molar-refractivity contribution in [3.8, 4) is 74.1 Å². The summed E-state index contributed by atoms with van der Waals surface area (Å²) in [7, 11) is 0. The monoisotopic (exact) mass is 1240 g/mol. The van der Waals surface area contributed by atoms with E-state index in [9.17, 15) is 0 Å². The summed E-state index contributed by atoms with van der Waals surface area (Å²) in [6.07, 6.45) is 80.9. The molecule has 0 nitrogen and oxygen atoms in total. The molecule has 6 spiro atoms. The molecule has 35 unspecified atom stereocenters. The molecule has 0 saturated heterocycles. The van der Waals surface area contributed by atoms with Crippen molar-refractivity contribution < 1.29 is 0 Å². The average molecular weight is 1240 g/mol. The minimum Gasteiger partial charge on any atom is -0.120 e. The summed E-state index contributed by atoms with van der Waals surface area (Å²) in [5.74, 6) is 60.4. The minimum atomic E-state index is 0.245. The molecule has 50 bridgehead atoms. The Balaban J connectivity index is 0.0000000709. The lowest BCUT2D eigenvalue weighted by Gasteiger charge is -2.96. The summed E-state index contributed by atoms with van der Waals surface area (Å²) in [5.41, 5.74) is 6.73. The molecule has 0 heterocycles. The normalized spacial score (nSPS) is 78.0. The maximum Gasteiger partial charge on any atom is 0.0377 e. The topological polar surface area (TPSA) is 0 Å². The summed E-state index contributed by atoms with van der Waals surface area (Å²) >= 11 is 0. The highest BCUT2D eigenvalue weighted by molar-refractivity contribution is 5.46. The van der Waals surface area contributed by atoms with E-state index in [1.807, 2.05) is 0 Å². The van der Waals surface area contributed by atoms with Gasteiger partial charge in [0.05, 0.1) is 0 Å². The Morgan fingerprint density at radius 2 is 0.649 bits per heavy atom. The van der Waals surface area contributed by atoms with Crippen LogP contribution in [0.1, 0.15) is 200 Å². The van der Waals surface area contributed by atoms with Crippen LogP contribution >= 0.6 is 0 Å². The fraction of sp³-hybridized carbons (Fsp3) is 0.872. The zero-order valence-electron chi connectivity index (χ0n) is 57.4. The molecule has 46 fully saturated rings. The zero-order chi connectivity index (χ0) is 61.2. The molecule has 35 atom stereocenters. The average Bonchev–Trinajstić information content (AvgIpc) is 0.610. The van der Waals surface area contributed by atoms with Gasteiger partial charge in [0.15, 0.2) is 0 Å². The van der Waals surface area contributed by atoms with E-state index in [1.54, 1.807) is 70.6 Å². The molecule has 0 radical (unpaired) electrons. The van der Waals surface area contributed by atoms with E-state index in [2.05, 4.69) is 49.4 Å². The molecule has 0 aliphatic heterocycles. The van der Waals surface area contributed by atoms with Gasteiger partial charge in [0.2, 0.25) is 0 Å². The lowest BCUT2D eigenvalue weighted by atomic mass is 9.08. The van der Waals surface area contributed by atoms with Crippen LogP contribution in [-0.2, 0) is 0 Å². The molecular weight excluding hydrogens is 1130 g/mol. The van der Waals surface area contributed by atoms with E-state index in [0.717, 1.165) is 212 Å². The fourth-order valence-electron chi connectivity index (χ4n) is 50.2. The van der Waals surface area contributed by atoms with E-state index < -0.39 is 0 Å². The van der Waals surface area contributed by atoms with Crippen LogP contribution in [0.25, 0.3) is 0 Å². The van der Waals surface area contributed by atoms with Crippen LogP contribution in [0, 0.1) is 369 Å². The molecule has 0 heteroatoms. The lowest BCUT2D eigenvalue weighted by Crippen LogP contribution is -2.91. The highest BCUT2D eigenvalue weighted by Gasteiger charge is 2.95. The summed E-state index contributed by atoms with van der Waals surface area (Å²) < 4.78 is 0. The van der Waals surface area contributed by atoms with Gasteiger partial charge in [0, 0.05) is 32.5 Å². The van der Waals surface area contributed by atoms with Crippen molar-refractivity contribution in [3.05, 3.63) is 0 Å². The number of hydrogen-bond acceptors (Lipinski definition) is 0. The molecule has 46 aliphatic rings. The molecule has 0 aromatic carbocycles. The van der Waals surface area contributed by atoms with Gasteiger partial charge in [-0.3, -0.25) is 0 Å². The van der Waals surface area contributed by atoms with Gasteiger partial charge < -0.3 is 0 Å². The minimum absolute atomic E-state index is 0.245. The van der Waals surface area contributed by atoms with Gasteiger partial charge >= 0.3 is 0 Å². The Bertz CT molecular complexity index is 3940. The van der Waals surface area contributed by atoms with Crippen LogP contribution in [0.15, 0.2) is 0 Å². The maximum atomic E-state index is 6.37. The standard InChI is InChI=1S/C28H32.C24H28.C22H24.C20H24/c1-5-25-7-16-15-11-28-13-26(6-2)9-17-18-10-27(12-25,21(16)22(17)28)23(19(15)8-25)24(28,4)20(18)14(26)3;1-2-22-6-16-15-8-23-5-11-3-12-14-9-24(10-22,20(16)18(12)23)21(17(15)7-22)19(23)13(14)4-11;1-3-20-8-14-13-10-21(4-2)16-5-12-6-17(21)19(15(13)9-20)22(7-12,11-20)18(14)16;1-2-19-7-15-12-5-11-13-3-10-4-14(11)18(16(12)8-19)20(6-10,9-19)17(13)15/h1-2,14-23H,7-13H2,3-4H3;1,11-21H,3-10H2;1-2,12-19H,5-11H2;1,10-18H,3-9H2. The third kappa shape index (κ3) is 4.46. The lowest BCUT2D eigenvalue weighted by molar-refractivity contribution is -0.480. The van der Waals surface area contributed by atoms with Crippen molar-refractivity contribution in [1.29, 1.82) is 0 Å². The number of terminal acetylenes is 6. The van der Waals surface area contributed by atoms with Gasteiger partial charge in [-0.05, 0) is 449 Å². The SMILES string of the molecule is C#CC12CC3C4CC5(C#C)C6CC7CC5C(C4C1)C(C7)(C2)C36.C#CC12CC3C4CC56CC7(C#C)CC8C9CC(C1)(C3C85)C(C4C2)C6(C)C9C7C.C#CC12CC3C4CC56CC7CC8C9CC(C1)(C3C85)C(C4C2)C6C9C7.C#CC12CC3C4CC5C6CC7CC5C(C4C1)C(C7)(C2)C63. The third-order valence-corrected chi connectivity index (χ3v) is 47.8. The van der Waals surface area contributed by atoms with E-state index in [0.29, 0.717) is 43.3 Å². The van der Waals surface area contributed by atoms with Gasteiger partial charge in [-0.15, -0.1) is 38.5 Å². The van der Waals surface area contributed by atoms with Gasteiger partial charge in [-0.2, -0.15) is 0 Å². The molecule has 46 saturated carbocycles. The quantitative estimate of drug-likeness (QED) is 0.212. The van der Waals surface area contributed by atoms with Crippen LogP contribution in [0.3, 0.4) is 0 Å². The van der Waals surface area contributed by atoms with Crippen LogP contribution in [0.5, 0.6) is 0 Å². The second-order valence-electron chi connectivity index (χ2n) is 46.9. The van der Waals surface area contributed by atoms with Crippen LogP contribution < -0.4 is 0 Å². The van der Waals surface area contributed by atoms with E-state index in [-0.39, 0.29) is 10.8 Å². The molecule has 484 valence electrons. The van der Waals surface area contributed by atoms with Crippen molar-refractivity contribution in [2.45, 2.75) is 200 Å². The second kappa shape index (κ2) is 14.3. The highest BCUT2D eigenvalue weighted by Crippen LogP contribution is 3.00. The second-order valence-corrected chi connectivity index (χ2v) is 46.9.